The molecule has 1 aliphatic heterocycles. The fraction of sp³-hybridized carbons (Fsp3) is 0.615. The fourth-order valence-corrected chi connectivity index (χ4v) is 3.14. The van der Waals surface area contributed by atoms with E-state index in [9.17, 15) is 4.79 Å². The van der Waals surface area contributed by atoms with Gasteiger partial charge in [0.05, 0.1) is 12.2 Å². The van der Waals surface area contributed by atoms with Crippen molar-refractivity contribution in [1.29, 1.82) is 0 Å². The van der Waals surface area contributed by atoms with Crippen LogP contribution in [0.25, 0.3) is 0 Å². The molecule has 0 amide bonds. The number of fused-ring (bicyclic) bond motifs is 1. The van der Waals surface area contributed by atoms with Gasteiger partial charge in [0.25, 0.3) is 0 Å². The van der Waals surface area contributed by atoms with Gasteiger partial charge in [-0.05, 0) is 32.8 Å². The second-order valence-electron chi connectivity index (χ2n) is 5.34. The summed E-state index contributed by atoms with van der Waals surface area (Å²) in [5, 5.41) is 1.86. The summed E-state index contributed by atoms with van der Waals surface area (Å²) in [6.45, 7) is 6.67. The topological polar surface area (TPSA) is 61.5 Å². The van der Waals surface area contributed by atoms with E-state index in [1.54, 1.807) is 0 Å². The summed E-state index contributed by atoms with van der Waals surface area (Å²) in [7, 11) is 0. The lowest BCUT2D eigenvalue weighted by Gasteiger charge is -2.23. The molecule has 0 spiro atoms. The van der Waals surface area contributed by atoms with Gasteiger partial charge in [-0.1, -0.05) is 0 Å². The van der Waals surface area contributed by atoms with E-state index in [2.05, 4.69) is 0 Å². The molecule has 0 bridgehead atoms. The molecule has 2 N–H and O–H groups in total. The number of rotatable bonds is 2. The Bertz CT molecular complexity index is 448. The number of esters is 1. The first-order valence-electron chi connectivity index (χ1n) is 6.07. The normalized spacial score (nSPS) is 19.4. The van der Waals surface area contributed by atoms with Gasteiger partial charge in [-0.3, -0.25) is 0 Å². The summed E-state index contributed by atoms with van der Waals surface area (Å²) in [5.41, 5.74) is 6.93. The van der Waals surface area contributed by atoms with Crippen molar-refractivity contribution in [3.63, 3.8) is 0 Å². The van der Waals surface area contributed by atoms with Gasteiger partial charge in [-0.25, -0.2) is 4.79 Å². The molecule has 18 heavy (non-hydrogen) atoms. The average molecular weight is 269 g/mol. The summed E-state index contributed by atoms with van der Waals surface area (Å²) in [6, 6.07) is 0. The first kappa shape index (κ1) is 13.5. The Morgan fingerprint density at radius 3 is 2.94 bits per heavy atom. The third-order valence-electron chi connectivity index (χ3n) is 2.72. The van der Waals surface area contributed by atoms with Crippen LogP contribution in [0.15, 0.2) is 5.38 Å². The van der Waals surface area contributed by atoms with Crippen molar-refractivity contribution in [3.8, 4) is 0 Å². The maximum Gasteiger partial charge on any atom is 0.339 e. The minimum absolute atomic E-state index is 0.0741. The zero-order chi connectivity index (χ0) is 13.3. The van der Waals surface area contributed by atoms with Gasteiger partial charge in [-0.2, -0.15) is 0 Å². The zero-order valence-corrected chi connectivity index (χ0v) is 11.8. The Morgan fingerprint density at radius 1 is 1.61 bits per heavy atom. The standard InChI is InChI=1S/C13H19NO3S/c1-13(2,3)17-12(15)9-7-18-11-8(9)4-5-16-10(11)6-14/h7,10H,4-6,14H2,1-3H3. The molecular formula is C13H19NO3S. The molecule has 1 aromatic rings. The lowest BCUT2D eigenvalue weighted by atomic mass is 10.0. The van der Waals surface area contributed by atoms with Crippen LogP contribution < -0.4 is 5.73 Å². The average Bonchev–Trinajstić information content (AvgIpc) is 2.69. The maximum atomic E-state index is 12.1. The molecule has 0 radical (unpaired) electrons. The molecule has 1 aliphatic rings. The lowest BCUT2D eigenvalue weighted by Crippen LogP contribution is -2.26. The van der Waals surface area contributed by atoms with Crippen molar-refractivity contribution < 1.29 is 14.3 Å². The number of ether oxygens (including phenoxy) is 2. The fourth-order valence-electron chi connectivity index (χ4n) is 1.98. The number of hydrogen-bond donors (Lipinski definition) is 1. The lowest BCUT2D eigenvalue weighted by molar-refractivity contribution is 0.00652. The van der Waals surface area contributed by atoms with E-state index in [1.165, 1.54) is 11.3 Å². The molecule has 5 heteroatoms. The van der Waals surface area contributed by atoms with Crippen molar-refractivity contribution in [3.05, 3.63) is 21.4 Å². The molecule has 4 nitrogen and oxygen atoms in total. The van der Waals surface area contributed by atoms with E-state index >= 15 is 0 Å². The highest BCUT2D eigenvalue weighted by Crippen LogP contribution is 2.35. The van der Waals surface area contributed by atoms with Crippen molar-refractivity contribution in [2.75, 3.05) is 13.2 Å². The van der Waals surface area contributed by atoms with Crippen molar-refractivity contribution in [1.82, 2.24) is 0 Å². The molecule has 2 rings (SSSR count). The Kier molecular flexibility index (Phi) is 3.75. The molecule has 100 valence electrons. The summed E-state index contributed by atoms with van der Waals surface area (Å²) in [4.78, 5) is 13.2. The second-order valence-corrected chi connectivity index (χ2v) is 6.25. The van der Waals surface area contributed by atoms with E-state index < -0.39 is 5.60 Å². The third-order valence-corrected chi connectivity index (χ3v) is 3.84. The summed E-state index contributed by atoms with van der Waals surface area (Å²) < 4.78 is 11.0. The van der Waals surface area contributed by atoms with Crippen LogP contribution in [0.3, 0.4) is 0 Å². The van der Waals surface area contributed by atoms with Crippen LogP contribution in [0.5, 0.6) is 0 Å². The molecule has 0 saturated carbocycles. The Labute approximate surface area is 111 Å². The van der Waals surface area contributed by atoms with Gasteiger partial charge < -0.3 is 15.2 Å². The smallest absolute Gasteiger partial charge is 0.339 e. The molecule has 0 aromatic carbocycles. The second kappa shape index (κ2) is 4.99. The minimum Gasteiger partial charge on any atom is -0.456 e. The van der Waals surface area contributed by atoms with Crippen LogP contribution in [0.1, 0.15) is 47.7 Å². The number of nitrogens with two attached hydrogens (primary N) is 1. The van der Waals surface area contributed by atoms with Gasteiger partial charge >= 0.3 is 5.97 Å². The molecule has 1 unspecified atom stereocenters. The van der Waals surface area contributed by atoms with E-state index in [4.69, 9.17) is 15.2 Å². The van der Waals surface area contributed by atoms with Gasteiger partial charge in [0.15, 0.2) is 0 Å². The molecule has 0 saturated heterocycles. The number of carbonyl (C=O) groups is 1. The van der Waals surface area contributed by atoms with Crippen LogP contribution >= 0.6 is 11.3 Å². The summed E-state index contributed by atoms with van der Waals surface area (Å²) in [6.07, 6.45) is 0.680. The van der Waals surface area contributed by atoms with Crippen LogP contribution in [0.2, 0.25) is 0 Å². The van der Waals surface area contributed by atoms with Crippen LogP contribution in [0, 0.1) is 0 Å². The van der Waals surface area contributed by atoms with Gasteiger partial charge in [0, 0.05) is 16.8 Å². The summed E-state index contributed by atoms with van der Waals surface area (Å²) >= 11 is 1.53. The molecule has 2 heterocycles. The molecule has 0 fully saturated rings. The Balaban J connectivity index is 2.26. The molecule has 1 aromatic heterocycles. The van der Waals surface area contributed by atoms with E-state index in [0.29, 0.717) is 18.7 Å². The first-order chi connectivity index (χ1) is 8.42. The first-order valence-corrected chi connectivity index (χ1v) is 6.95. The number of carbonyl (C=O) groups excluding carboxylic acids is 1. The van der Waals surface area contributed by atoms with Gasteiger partial charge in [-0.15, -0.1) is 11.3 Å². The zero-order valence-electron chi connectivity index (χ0n) is 11.0. The number of thiophene rings is 1. The van der Waals surface area contributed by atoms with Crippen LogP contribution in [0.4, 0.5) is 0 Å². The maximum absolute atomic E-state index is 12.1. The van der Waals surface area contributed by atoms with Crippen molar-refractivity contribution in [2.45, 2.75) is 38.9 Å². The predicted molar refractivity (Wildman–Crippen MR) is 70.9 cm³/mol. The highest BCUT2D eigenvalue weighted by molar-refractivity contribution is 7.10. The SMILES string of the molecule is CC(C)(C)OC(=O)c1csc2c1CCOC2CN. The molecule has 0 aliphatic carbocycles. The van der Waals surface area contributed by atoms with Crippen LogP contribution in [-0.4, -0.2) is 24.7 Å². The van der Waals surface area contributed by atoms with E-state index in [0.717, 1.165) is 16.9 Å². The Morgan fingerprint density at radius 2 is 2.33 bits per heavy atom. The van der Waals surface area contributed by atoms with E-state index in [-0.39, 0.29) is 12.1 Å². The molecule has 1 atom stereocenters. The third kappa shape index (κ3) is 2.74. The predicted octanol–water partition coefficient (Wildman–Crippen LogP) is 2.28. The number of hydrogen-bond acceptors (Lipinski definition) is 5. The van der Waals surface area contributed by atoms with Crippen molar-refractivity contribution >= 4 is 17.3 Å². The Hall–Kier alpha value is -0.910. The quantitative estimate of drug-likeness (QED) is 0.837. The molecular weight excluding hydrogens is 250 g/mol. The van der Waals surface area contributed by atoms with Crippen molar-refractivity contribution in [2.24, 2.45) is 5.73 Å². The van der Waals surface area contributed by atoms with Gasteiger partial charge in [0.1, 0.15) is 11.7 Å². The largest absolute Gasteiger partial charge is 0.456 e. The highest BCUT2D eigenvalue weighted by Gasteiger charge is 2.28. The van der Waals surface area contributed by atoms with Gasteiger partial charge in [0.2, 0.25) is 0 Å². The highest BCUT2D eigenvalue weighted by atomic mass is 32.1. The monoisotopic (exact) mass is 269 g/mol. The van der Waals surface area contributed by atoms with Crippen LogP contribution in [-0.2, 0) is 15.9 Å². The summed E-state index contributed by atoms with van der Waals surface area (Å²) in [5.74, 6) is -0.252. The minimum atomic E-state index is -0.468. The van der Waals surface area contributed by atoms with E-state index in [1.807, 2.05) is 26.2 Å².